The molecule has 2 amide bonds. The molecular formula is C13H13Cl2FN2O2. The van der Waals surface area contributed by atoms with Crippen LogP contribution in [0.15, 0.2) is 24.3 Å². The summed E-state index contributed by atoms with van der Waals surface area (Å²) in [5, 5.41) is 0. The average molecular weight is 319 g/mol. The lowest BCUT2D eigenvalue weighted by Crippen LogP contribution is -2.51. The van der Waals surface area contributed by atoms with E-state index >= 15 is 0 Å². The van der Waals surface area contributed by atoms with Gasteiger partial charge in [0.1, 0.15) is 5.82 Å². The standard InChI is InChI=1S/C13H13Cl2FN2O2/c14-11(15)13(20)18-7-5-17(6-8-18)12(19)9-1-3-10(16)4-2-9/h1-4,11H,5-8H2. The average Bonchev–Trinajstić information content (AvgIpc) is 2.46. The first-order chi connectivity index (χ1) is 9.49. The van der Waals surface area contributed by atoms with E-state index in [0.717, 1.165) is 0 Å². The summed E-state index contributed by atoms with van der Waals surface area (Å²) in [7, 11) is 0. The highest BCUT2D eigenvalue weighted by Crippen LogP contribution is 2.13. The molecule has 1 heterocycles. The molecule has 1 aromatic carbocycles. The predicted molar refractivity (Wildman–Crippen MR) is 74.4 cm³/mol. The van der Waals surface area contributed by atoms with E-state index < -0.39 is 4.84 Å². The second-order valence-corrected chi connectivity index (χ2v) is 5.52. The summed E-state index contributed by atoms with van der Waals surface area (Å²) in [5.41, 5.74) is 0.429. The molecule has 1 aromatic rings. The molecule has 20 heavy (non-hydrogen) atoms. The van der Waals surface area contributed by atoms with Crippen LogP contribution in [-0.4, -0.2) is 52.6 Å². The van der Waals surface area contributed by atoms with E-state index in [1.165, 1.54) is 29.2 Å². The zero-order valence-corrected chi connectivity index (χ0v) is 12.1. The van der Waals surface area contributed by atoms with Gasteiger partial charge in [0.15, 0.2) is 4.84 Å². The maximum Gasteiger partial charge on any atom is 0.255 e. The van der Waals surface area contributed by atoms with E-state index in [4.69, 9.17) is 23.2 Å². The molecule has 0 N–H and O–H groups in total. The molecule has 0 aliphatic carbocycles. The Labute approximate surface area is 126 Å². The third-order valence-electron chi connectivity index (χ3n) is 3.16. The van der Waals surface area contributed by atoms with Crippen LogP contribution >= 0.6 is 23.2 Å². The van der Waals surface area contributed by atoms with E-state index in [0.29, 0.717) is 31.7 Å². The van der Waals surface area contributed by atoms with Gasteiger partial charge in [-0.3, -0.25) is 9.59 Å². The molecular weight excluding hydrogens is 306 g/mol. The Kier molecular flexibility index (Phi) is 4.83. The number of halogens is 3. The van der Waals surface area contributed by atoms with Crippen molar-refractivity contribution in [2.45, 2.75) is 4.84 Å². The Morgan fingerprint density at radius 2 is 1.50 bits per heavy atom. The van der Waals surface area contributed by atoms with Gasteiger partial charge in [-0.05, 0) is 24.3 Å². The molecule has 0 saturated carbocycles. The third-order valence-corrected chi connectivity index (χ3v) is 3.53. The fourth-order valence-corrected chi connectivity index (χ4v) is 2.32. The number of rotatable bonds is 2. The van der Waals surface area contributed by atoms with Gasteiger partial charge < -0.3 is 9.80 Å². The summed E-state index contributed by atoms with van der Waals surface area (Å²) >= 11 is 11.1. The van der Waals surface area contributed by atoms with Crippen LogP contribution in [0.3, 0.4) is 0 Å². The van der Waals surface area contributed by atoms with Gasteiger partial charge in [-0.25, -0.2) is 4.39 Å². The number of carbonyl (C=O) groups is 2. The van der Waals surface area contributed by atoms with Crippen LogP contribution in [0, 0.1) is 5.82 Å². The van der Waals surface area contributed by atoms with E-state index in [1.807, 2.05) is 0 Å². The molecule has 0 unspecified atom stereocenters. The maximum atomic E-state index is 12.8. The number of carbonyl (C=O) groups excluding carboxylic acids is 2. The topological polar surface area (TPSA) is 40.6 Å². The fourth-order valence-electron chi connectivity index (χ4n) is 2.04. The molecule has 4 nitrogen and oxygen atoms in total. The van der Waals surface area contributed by atoms with Gasteiger partial charge >= 0.3 is 0 Å². The van der Waals surface area contributed by atoms with Gasteiger partial charge in [0, 0.05) is 31.7 Å². The second kappa shape index (κ2) is 6.41. The molecule has 0 atom stereocenters. The Bertz CT molecular complexity index is 500. The minimum absolute atomic E-state index is 0.176. The molecule has 108 valence electrons. The number of hydrogen-bond acceptors (Lipinski definition) is 2. The molecule has 0 bridgehead atoms. The minimum atomic E-state index is -1.07. The van der Waals surface area contributed by atoms with E-state index in [9.17, 15) is 14.0 Å². The van der Waals surface area contributed by atoms with Gasteiger partial charge in [-0.1, -0.05) is 23.2 Å². The van der Waals surface area contributed by atoms with Crippen molar-refractivity contribution >= 4 is 35.0 Å². The highest BCUT2D eigenvalue weighted by Gasteiger charge is 2.27. The SMILES string of the molecule is O=C(c1ccc(F)cc1)N1CCN(C(=O)C(Cl)Cl)CC1. The van der Waals surface area contributed by atoms with Crippen LogP contribution in [0.1, 0.15) is 10.4 Å². The normalized spacial score (nSPS) is 15.6. The van der Waals surface area contributed by atoms with Crippen molar-refractivity contribution < 1.29 is 14.0 Å². The molecule has 2 rings (SSSR count). The van der Waals surface area contributed by atoms with Gasteiger partial charge in [-0.2, -0.15) is 0 Å². The van der Waals surface area contributed by atoms with Crippen LogP contribution in [0.5, 0.6) is 0 Å². The van der Waals surface area contributed by atoms with E-state index in [1.54, 1.807) is 4.90 Å². The minimum Gasteiger partial charge on any atom is -0.337 e. The van der Waals surface area contributed by atoms with Crippen molar-refractivity contribution in [3.63, 3.8) is 0 Å². The smallest absolute Gasteiger partial charge is 0.255 e. The first-order valence-corrected chi connectivity index (χ1v) is 6.98. The van der Waals surface area contributed by atoms with Crippen LogP contribution < -0.4 is 0 Å². The zero-order valence-electron chi connectivity index (χ0n) is 10.6. The van der Waals surface area contributed by atoms with Crippen molar-refractivity contribution in [3.05, 3.63) is 35.6 Å². The van der Waals surface area contributed by atoms with E-state index in [2.05, 4.69) is 0 Å². The Morgan fingerprint density at radius 1 is 1.00 bits per heavy atom. The number of benzene rings is 1. The maximum absolute atomic E-state index is 12.8. The highest BCUT2D eigenvalue weighted by molar-refractivity contribution is 6.53. The first-order valence-electron chi connectivity index (χ1n) is 6.11. The third kappa shape index (κ3) is 3.41. The van der Waals surface area contributed by atoms with Crippen LogP contribution in [0.2, 0.25) is 0 Å². The highest BCUT2D eigenvalue weighted by atomic mass is 35.5. The van der Waals surface area contributed by atoms with Gasteiger partial charge in [-0.15, -0.1) is 0 Å². The Hall–Kier alpha value is -1.33. The summed E-state index contributed by atoms with van der Waals surface area (Å²) in [6.45, 7) is 1.59. The fraction of sp³-hybridized carbons (Fsp3) is 0.385. The van der Waals surface area contributed by atoms with Crippen molar-refractivity contribution in [1.29, 1.82) is 0 Å². The largest absolute Gasteiger partial charge is 0.337 e. The van der Waals surface area contributed by atoms with Gasteiger partial charge in [0.25, 0.3) is 11.8 Å². The molecule has 1 saturated heterocycles. The number of nitrogens with zero attached hydrogens (tertiary/aromatic N) is 2. The second-order valence-electron chi connectivity index (χ2n) is 4.43. The van der Waals surface area contributed by atoms with Crippen LogP contribution in [-0.2, 0) is 4.79 Å². The monoisotopic (exact) mass is 318 g/mol. The lowest BCUT2D eigenvalue weighted by Gasteiger charge is -2.35. The molecule has 1 fully saturated rings. The zero-order chi connectivity index (χ0) is 14.7. The van der Waals surface area contributed by atoms with Gasteiger partial charge in [0.2, 0.25) is 0 Å². The van der Waals surface area contributed by atoms with Crippen molar-refractivity contribution in [3.8, 4) is 0 Å². The number of piperazine rings is 1. The molecule has 7 heteroatoms. The van der Waals surface area contributed by atoms with E-state index in [-0.39, 0.29) is 17.6 Å². The quantitative estimate of drug-likeness (QED) is 0.782. The lowest BCUT2D eigenvalue weighted by molar-refractivity contribution is -0.130. The summed E-state index contributed by atoms with van der Waals surface area (Å²) in [6.07, 6.45) is 0. The first kappa shape index (κ1) is 15.1. The predicted octanol–water partition coefficient (Wildman–Crippen LogP) is 1.91. The van der Waals surface area contributed by atoms with Crippen LogP contribution in [0.25, 0.3) is 0 Å². The Balaban J connectivity index is 1.95. The number of hydrogen-bond donors (Lipinski definition) is 0. The van der Waals surface area contributed by atoms with Crippen molar-refractivity contribution in [2.75, 3.05) is 26.2 Å². The number of amides is 2. The molecule has 0 radical (unpaired) electrons. The number of alkyl halides is 2. The lowest BCUT2D eigenvalue weighted by atomic mass is 10.2. The summed E-state index contributed by atoms with van der Waals surface area (Å²) < 4.78 is 12.8. The van der Waals surface area contributed by atoms with Crippen molar-refractivity contribution in [1.82, 2.24) is 9.80 Å². The summed E-state index contributed by atoms with van der Waals surface area (Å²) in [4.78, 5) is 25.8. The Morgan fingerprint density at radius 3 is 2.00 bits per heavy atom. The molecule has 1 aliphatic heterocycles. The summed E-state index contributed by atoms with van der Waals surface area (Å²) in [5.74, 6) is -0.903. The summed E-state index contributed by atoms with van der Waals surface area (Å²) in [6, 6.07) is 5.39. The van der Waals surface area contributed by atoms with Crippen LogP contribution in [0.4, 0.5) is 4.39 Å². The van der Waals surface area contributed by atoms with Crippen molar-refractivity contribution in [2.24, 2.45) is 0 Å². The molecule has 0 aromatic heterocycles. The molecule has 1 aliphatic rings. The molecule has 0 spiro atoms. The van der Waals surface area contributed by atoms with Gasteiger partial charge in [0.05, 0.1) is 0 Å².